The summed E-state index contributed by atoms with van der Waals surface area (Å²) in [4.78, 5) is 20.3. The number of unbranched alkanes of at least 4 members (excludes halogenated alkanes) is 16. The molecule has 0 spiro atoms. The third kappa shape index (κ3) is 36.0. The molecule has 0 saturated carbocycles. The first kappa shape index (κ1) is 32.8. The molecule has 0 heterocycles. The van der Waals surface area contributed by atoms with Gasteiger partial charge < -0.3 is 9.90 Å². The van der Waals surface area contributed by atoms with Crippen molar-refractivity contribution in [3.8, 4) is 0 Å². The zero-order valence-corrected chi connectivity index (χ0v) is 21.5. The fourth-order valence-corrected chi connectivity index (χ4v) is 3.47. The van der Waals surface area contributed by atoms with Crippen molar-refractivity contribution in [3.63, 3.8) is 0 Å². The fraction of sp³-hybridized carbons (Fsp3) is 0.793. The molecule has 0 unspecified atom stereocenters. The first-order chi connectivity index (χ1) is 15.7. The Morgan fingerprint density at radius 1 is 0.562 bits per heavy atom. The van der Waals surface area contributed by atoms with E-state index in [-0.39, 0.29) is 0 Å². The van der Waals surface area contributed by atoms with Gasteiger partial charge in [-0.05, 0) is 57.8 Å². The van der Waals surface area contributed by atoms with Crippen LogP contribution in [0.2, 0.25) is 0 Å². The summed E-state index contributed by atoms with van der Waals surface area (Å²) in [7, 11) is 0. The van der Waals surface area contributed by atoms with Crippen molar-refractivity contribution in [1.82, 2.24) is 0 Å². The third-order valence-electron chi connectivity index (χ3n) is 5.50. The van der Waals surface area contributed by atoms with Crippen molar-refractivity contribution in [2.75, 3.05) is 0 Å². The first-order valence-electron chi connectivity index (χ1n) is 13.6. The zero-order chi connectivity index (χ0) is 24.0. The van der Waals surface area contributed by atoms with Gasteiger partial charge in [-0.15, -0.1) is 0 Å². The van der Waals surface area contributed by atoms with Crippen molar-refractivity contribution in [3.05, 3.63) is 24.3 Å². The number of allylic oxidation sites excluding steroid dienone is 4. The molecule has 0 bridgehead atoms. The van der Waals surface area contributed by atoms with Gasteiger partial charge in [0, 0.05) is 12.8 Å². The summed E-state index contributed by atoms with van der Waals surface area (Å²) in [6.07, 6.45) is 34.6. The van der Waals surface area contributed by atoms with E-state index in [4.69, 9.17) is 5.11 Å². The van der Waals surface area contributed by atoms with E-state index in [0.29, 0.717) is 6.42 Å². The highest BCUT2D eigenvalue weighted by Gasteiger charge is 1.96. The second-order valence-corrected chi connectivity index (χ2v) is 8.77. The minimum absolute atomic E-state index is 0.336. The topological polar surface area (TPSA) is 54.4 Å². The van der Waals surface area contributed by atoms with E-state index in [1.54, 1.807) is 0 Å². The van der Waals surface area contributed by atoms with Gasteiger partial charge in [-0.3, -0.25) is 4.79 Å². The second kappa shape index (κ2) is 31.8. The predicted octanol–water partition coefficient (Wildman–Crippen LogP) is 9.60. The highest BCUT2D eigenvalue weighted by atomic mass is 16.4. The minimum atomic E-state index is -0.661. The van der Waals surface area contributed by atoms with E-state index in [2.05, 4.69) is 38.2 Å². The Labute approximate surface area is 200 Å². The van der Waals surface area contributed by atoms with Gasteiger partial charge in [0.05, 0.1) is 0 Å². The van der Waals surface area contributed by atoms with Crippen molar-refractivity contribution in [2.24, 2.45) is 0 Å². The number of aliphatic carboxylic acids is 1. The smallest absolute Gasteiger partial charge is 0.303 e. The highest BCUT2D eigenvalue weighted by molar-refractivity contribution is 5.66. The molecule has 0 radical (unpaired) electrons. The van der Waals surface area contributed by atoms with Crippen LogP contribution in [-0.4, -0.2) is 17.4 Å². The number of carboxylic acid groups (broad SMARTS) is 1. The number of carboxylic acids is 1. The maximum atomic E-state index is 10.3. The van der Waals surface area contributed by atoms with Gasteiger partial charge in [0.2, 0.25) is 0 Å². The molecule has 0 aromatic heterocycles. The minimum Gasteiger partial charge on any atom is -0.481 e. The van der Waals surface area contributed by atoms with E-state index >= 15 is 0 Å². The van der Waals surface area contributed by atoms with Gasteiger partial charge in [-0.2, -0.15) is 0 Å². The number of aldehydes is 1. The second-order valence-electron chi connectivity index (χ2n) is 8.77. The summed E-state index contributed by atoms with van der Waals surface area (Å²) < 4.78 is 0. The van der Waals surface area contributed by atoms with Crippen LogP contribution < -0.4 is 0 Å². The van der Waals surface area contributed by atoms with Crippen molar-refractivity contribution in [2.45, 2.75) is 149 Å². The molecule has 0 aromatic carbocycles. The number of hydrogen-bond acceptors (Lipinski definition) is 2. The Morgan fingerprint density at radius 2 is 0.969 bits per heavy atom. The van der Waals surface area contributed by atoms with E-state index in [1.807, 2.05) is 0 Å². The molecule has 3 nitrogen and oxygen atoms in total. The molecule has 0 fully saturated rings. The summed E-state index contributed by atoms with van der Waals surface area (Å²) in [6.45, 7) is 4.40. The summed E-state index contributed by atoms with van der Waals surface area (Å²) in [5.74, 6) is -0.661. The molecule has 0 aromatic rings. The number of rotatable bonds is 23. The lowest BCUT2D eigenvalue weighted by Gasteiger charge is -2.00. The van der Waals surface area contributed by atoms with Gasteiger partial charge >= 0.3 is 5.97 Å². The molecule has 0 aliphatic carbocycles. The lowest BCUT2D eigenvalue weighted by Crippen LogP contribution is -1.93. The number of carbonyl (C=O) groups is 2. The Bertz CT molecular complexity index is 426. The number of hydrogen-bond donors (Lipinski definition) is 1. The predicted molar refractivity (Wildman–Crippen MR) is 140 cm³/mol. The maximum Gasteiger partial charge on any atom is 0.303 e. The molecule has 0 saturated heterocycles. The summed E-state index contributed by atoms with van der Waals surface area (Å²) >= 11 is 0. The average Bonchev–Trinajstić information content (AvgIpc) is 2.78. The van der Waals surface area contributed by atoms with Gasteiger partial charge in [0.25, 0.3) is 0 Å². The molecule has 0 rings (SSSR count). The Hall–Kier alpha value is -1.38. The largest absolute Gasteiger partial charge is 0.481 e. The van der Waals surface area contributed by atoms with Gasteiger partial charge in [0.15, 0.2) is 0 Å². The standard InChI is InChI=1S/C17H32O2.C12H22O/c1-2-3-4-5-6-7-8-9-10-11-12-13-14-15-16-17(18)19;1-2-3-4-5-6-7-8-9-10-11-12-13/h6-7H,2-5,8-16H2,1H3,(H,18,19);3-4,12H,2,5-11H2,1H3/b7-6-;4-3-. The average molecular weight is 451 g/mol. The van der Waals surface area contributed by atoms with E-state index in [0.717, 1.165) is 38.4 Å². The molecule has 32 heavy (non-hydrogen) atoms. The van der Waals surface area contributed by atoms with Gasteiger partial charge in [-0.1, -0.05) is 102 Å². The third-order valence-corrected chi connectivity index (χ3v) is 5.50. The zero-order valence-electron chi connectivity index (χ0n) is 21.5. The SMILES string of the molecule is CC/C=C\CCCCCCCC=O.CCCCC/C=C\CCCCCCCCCC(=O)O. The first-order valence-corrected chi connectivity index (χ1v) is 13.6. The van der Waals surface area contributed by atoms with Crippen LogP contribution in [0.5, 0.6) is 0 Å². The normalized spacial score (nSPS) is 11.1. The monoisotopic (exact) mass is 450 g/mol. The van der Waals surface area contributed by atoms with Crippen LogP contribution in [0.25, 0.3) is 0 Å². The van der Waals surface area contributed by atoms with Crippen LogP contribution in [0.3, 0.4) is 0 Å². The lowest BCUT2D eigenvalue weighted by atomic mass is 10.1. The lowest BCUT2D eigenvalue weighted by molar-refractivity contribution is -0.137. The van der Waals surface area contributed by atoms with Crippen molar-refractivity contribution < 1.29 is 14.7 Å². The summed E-state index contributed by atoms with van der Waals surface area (Å²) in [5, 5.41) is 8.50. The van der Waals surface area contributed by atoms with Gasteiger partial charge in [0.1, 0.15) is 6.29 Å². The molecular weight excluding hydrogens is 396 g/mol. The summed E-state index contributed by atoms with van der Waals surface area (Å²) in [5.41, 5.74) is 0. The summed E-state index contributed by atoms with van der Waals surface area (Å²) in [6, 6.07) is 0. The Kier molecular flexibility index (Phi) is 32.6. The molecule has 0 atom stereocenters. The van der Waals surface area contributed by atoms with Crippen LogP contribution in [0.4, 0.5) is 0 Å². The number of carbonyl (C=O) groups excluding carboxylic acids is 1. The quantitative estimate of drug-likeness (QED) is 0.0957. The van der Waals surface area contributed by atoms with Crippen LogP contribution in [0.15, 0.2) is 24.3 Å². The fourth-order valence-electron chi connectivity index (χ4n) is 3.47. The Morgan fingerprint density at radius 3 is 1.41 bits per heavy atom. The molecule has 1 N–H and O–H groups in total. The molecule has 0 aliphatic heterocycles. The molecule has 0 aliphatic rings. The Balaban J connectivity index is 0. The van der Waals surface area contributed by atoms with E-state index in [9.17, 15) is 9.59 Å². The van der Waals surface area contributed by atoms with Crippen LogP contribution in [0.1, 0.15) is 149 Å². The highest BCUT2D eigenvalue weighted by Crippen LogP contribution is 2.10. The van der Waals surface area contributed by atoms with Crippen LogP contribution >= 0.6 is 0 Å². The van der Waals surface area contributed by atoms with Gasteiger partial charge in [-0.25, -0.2) is 0 Å². The molecular formula is C29H54O3. The van der Waals surface area contributed by atoms with E-state index in [1.165, 1.54) is 96.3 Å². The molecule has 3 heteroatoms. The molecule has 188 valence electrons. The maximum absolute atomic E-state index is 10.3. The molecule has 0 amide bonds. The van der Waals surface area contributed by atoms with Crippen LogP contribution in [-0.2, 0) is 9.59 Å². The van der Waals surface area contributed by atoms with Crippen LogP contribution in [0, 0.1) is 0 Å². The van der Waals surface area contributed by atoms with Crippen molar-refractivity contribution in [1.29, 1.82) is 0 Å². The van der Waals surface area contributed by atoms with E-state index < -0.39 is 5.97 Å². The van der Waals surface area contributed by atoms with Crippen molar-refractivity contribution >= 4 is 12.3 Å².